The Hall–Kier alpha value is 0.200. The summed E-state index contributed by atoms with van der Waals surface area (Å²) in [5, 5.41) is 0. The van der Waals surface area contributed by atoms with E-state index in [0.717, 1.165) is 12.8 Å². The monoisotopic (exact) mass is 300 g/mol. The zero-order valence-electron chi connectivity index (χ0n) is 11.6. The van der Waals surface area contributed by atoms with Crippen molar-refractivity contribution in [3.8, 4) is 0 Å². The highest BCUT2D eigenvalue weighted by Crippen LogP contribution is 2.11. The molecule has 0 aromatic carbocycles. The van der Waals surface area contributed by atoms with E-state index < -0.39 is 10.1 Å². The summed E-state index contributed by atoms with van der Waals surface area (Å²) in [4.78, 5) is 0. The molecule has 0 rings (SSSR count). The lowest BCUT2D eigenvalue weighted by atomic mass is 10.1. The smallest absolute Gasteiger partial charge is 0.264 e. The molecule has 0 amide bonds. The van der Waals surface area contributed by atoms with Crippen LogP contribution in [0.2, 0.25) is 0 Å². The van der Waals surface area contributed by atoms with Crippen molar-refractivity contribution in [2.45, 2.75) is 77.6 Å². The molecular formula is C13H29ClO3S. The SMILES string of the molecule is CCCCCCCCCCCCCS(=O)(=O)O.Cl. The first kappa shape index (κ1) is 20.5. The van der Waals surface area contributed by atoms with Crippen LogP contribution in [0.4, 0.5) is 0 Å². The van der Waals surface area contributed by atoms with Crippen LogP contribution in [0.3, 0.4) is 0 Å². The largest absolute Gasteiger partial charge is 0.286 e. The first-order chi connectivity index (χ1) is 8.06. The van der Waals surface area contributed by atoms with Gasteiger partial charge in [-0.2, -0.15) is 8.42 Å². The molecule has 0 radical (unpaired) electrons. The van der Waals surface area contributed by atoms with E-state index in [0.29, 0.717) is 6.42 Å². The molecule has 1 N–H and O–H groups in total. The average Bonchev–Trinajstić information content (AvgIpc) is 2.24. The van der Waals surface area contributed by atoms with Crippen molar-refractivity contribution in [3.63, 3.8) is 0 Å². The van der Waals surface area contributed by atoms with Crippen LogP contribution < -0.4 is 0 Å². The summed E-state index contributed by atoms with van der Waals surface area (Å²) in [6.45, 7) is 2.23. The van der Waals surface area contributed by atoms with E-state index in [4.69, 9.17) is 4.55 Å². The van der Waals surface area contributed by atoms with Crippen LogP contribution >= 0.6 is 12.4 Å². The van der Waals surface area contributed by atoms with Crippen molar-refractivity contribution in [1.29, 1.82) is 0 Å². The Kier molecular flexibility index (Phi) is 15.5. The van der Waals surface area contributed by atoms with E-state index in [1.54, 1.807) is 0 Å². The summed E-state index contributed by atoms with van der Waals surface area (Å²) in [5.41, 5.74) is 0. The van der Waals surface area contributed by atoms with Crippen molar-refractivity contribution in [2.75, 3.05) is 5.75 Å². The number of unbranched alkanes of at least 4 members (excludes halogenated alkanes) is 10. The zero-order valence-corrected chi connectivity index (χ0v) is 13.2. The summed E-state index contributed by atoms with van der Waals surface area (Å²) >= 11 is 0. The predicted octanol–water partition coefficient (Wildman–Crippen LogP) is 4.61. The lowest BCUT2D eigenvalue weighted by molar-refractivity contribution is 0.478. The van der Waals surface area contributed by atoms with Crippen LogP contribution in [0.1, 0.15) is 77.6 Å². The minimum absolute atomic E-state index is 0. The van der Waals surface area contributed by atoms with Crippen molar-refractivity contribution in [3.05, 3.63) is 0 Å². The predicted molar refractivity (Wildman–Crippen MR) is 80.1 cm³/mol. The van der Waals surface area contributed by atoms with Gasteiger partial charge in [0.25, 0.3) is 10.1 Å². The summed E-state index contributed by atoms with van der Waals surface area (Å²) in [6.07, 6.45) is 13.1. The van der Waals surface area contributed by atoms with Crippen molar-refractivity contribution in [1.82, 2.24) is 0 Å². The highest BCUT2D eigenvalue weighted by atomic mass is 35.5. The molecule has 0 saturated heterocycles. The molecule has 0 aliphatic carbocycles. The second-order valence-corrected chi connectivity index (χ2v) is 6.39. The molecule has 18 heavy (non-hydrogen) atoms. The van der Waals surface area contributed by atoms with E-state index >= 15 is 0 Å². The quantitative estimate of drug-likeness (QED) is 0.423. The Labute approximate surface area is 119 Å². The molecule has 0 atom stereocenters. The maximum absolute atomic E-state index is 10.4. The molecule has 0 heterocycles. The molecule has 0 aromatic rings. The maximum atomic E-state index is 10.4. The Morgan fingerprint density at radius 3 is 1.39 bits per heavy atom. The summed E-state index contributed by atoms with van der Waals surface area (Å²) < 4.78 is 29.4. The number of hydrogen-bond donors (Lipinski definition) is 1. The average molecular weight is 301 g/mol. The van der Waals surface area contributed by atoms with Gasteiger partial charge in [0.15, 0.2) is 0 Å². The molecule has 0 fully saturated rings. The number of hydrogen-bond acceptors (Lipinski definition) is 2. The van der Waals surface area contributed by atoms with E-state index in [9.17, 15) is 8.42 Å². The second-order valence-electron chi connectivity index (χ2n) is 4.82. The lowest BCUT2D eigenvalue weighted by Crippen LogP contribution is -2.03. The summed E-state index contributed by atoms with van der Waals surface area (Å²) in [7, 11) is -3.73. The van der Waals surface area contributed by atoms with Gasteiger partial charge in [0.05, 0.1) is 5.75 Å². The van der Waals surface area contributed by atoms with Gasteiger partial charge in [0.2, 0.25) is 0 Å². The molecule has 0 unspecified atom stereocenters. The summed E-state index contributed by atoms with van der Waals surface area (Å²) in [6, 6.07) is 0. The molecule has 5 heteroatoms. The fourth-order valence-corrected chi connectivity index (χ4v) is 2.52. The van der Waals surface area contributed by atoms with Gasteiger partial charge in [0, 0.05) is 0 Å². The molecule has 0 aliphatic rings. The topological polar surface area (TPSA) is 54.4 Å². The zero-order chi connectivity index (χ0) is 13.0. The fraction of sp³-hybridized carbons (Fsp3) is 1.00. The number of halogens is 1. The van der Waals surface area contributed by atoms with Gasteiger partial charge in [-0.3, -0.25) is 4.55 Å². The molecule has 0 aliphatic heterocycles. The van der Waals surface area contributed by atoms with E-state index in [1.165, 1.54) is 51.4 Å². The minimum atomic E-state index is -3.73. The van der Waals surface area contributed by atoms with Gasteiger partial charge in [-0.25, -0.2) is 0 Å². The first-order valence-electron chi connectivity index (χ1n) is 7.01. The van der Waals surface area contributed by atoms with Gasteiger partial charge >= 0.3 is 0 Å². The second kappa shape index (κ2) is 13.6. The minimum Gasteiger partial charge on any atom is -0.286 e. The van der Waals surface area contributed by atoms with Crippen LogP contribution in [0.15, 0.2) is 0 Å². The van der Waals surface area contributed by atoms with Crippen LogP contribution in [0, 0.1) is 0 Å². The van der Waals surface area contributed by atoms with Crippen LogP contribution in [0.5, 0.6) is 0 Å². The number of rotatable bonds is 12. The molecule has 0 saturated carbocycles. The lowest BCUT2D eigenvalue weighted by Gasteiger charge is -2.01. The van der Waals surface area contributed by atoms with Gasteiger partial charge in [-0.05, 0) is 6.42 Å². The molecule has 0 bridgehead atoms. The Morgan fingerprint density at radius 2 is 1.06 bits per heavy atom. The first-order valence-corrected chi connectivity index (χ1v) is 8.62. The van der Waals surface area contributed by atoms with Crippen LogP contribution in [-0.4, -0.2) is 18.7 Å². The maximum Gasteiger partial charge on any atom is 0.264 e. The molecule has 112 valence electrons. The standard InChI is InChI=1S/C13H28O3S.ClH/c1-2-3-4-5-6-7-8-9-10-11-12-13-17(14,15)16;/h2-13H2,1H3,(H,14,15,16);1H. The van der Waals surface area contributed by atoms with Gasteiger partial charge in [0.1, 0.15) is 0 Å². The third kappa shape index (κ3) is 18.6. The van der Waals surface area contributed by atoms with Gasteiger partial charge < -0.3 is 0 Å². The summed E-state index contributed by atoms with van der Waals surface area (Å²) in [5.74, 6) is -0.0793. The van der Waals surface area contributed by atoms with Crippen LogP contribution in [-0.2, 0) is 10.1 Å². The molecule has 0 spiro atoms. The Morgan fingerprint density at radius 1 is 0.722 bits per heavy atom. The highest BCUT2D eigenvalue weighted by Gasteiger charge is 2.02. The van der Waals surface area contributed by atoms with E-state index in [-0.39, 0.29) is 18.2 Å². The van der Waals surface area contributed by atoms with Gasteiger partial charge in [-0.1, -0.05) is 71.1 Å². The third-order valence-electron chi connectivity index (χ3n) is 3.01. The Bertz CT molecular complexity index is 253. The van der Waals surface area contributed by atoms with Gasteiger partial charge in [-0.15, -0.1) is 12.4 Å². The highest BCUT2D eigenvalue weighted by molar-refractivity contribution is 7.85. The Balaban J connectivity index is 0. The van der Waals surface area contributed by atoms with E-state index in [1.807, 2.05) is 0 Å². The van der Waals surface area contributed by atoms with Crippen molar-refractivity contribution >= 4 is 22.5 Å². The normalized spacial score (nSPS) is 11.2. The van der Waals surface area contributed by atoms with Crippen molar-refractivity contribution in [2.24, 2.45) is 0 Å². The molecular weight excluding hydrogens is 272 g/mol. The van der Waals surface area contributed by atoms with E-state index in [2.05, 4.69) is 6.92 Å². The fourth-order valence-electron chi connectivity index (χ4n) is 1.95. The van der Waals surface area contributed by atoms with Crippen molar-refractivity contribution < 1.29 is 13.0 Å². The van der Waals surface area contributed by atoms with Crippen LogP contribution in [0.25, 0.3) is 0 Å². The molecule has 3 nitrogen and oxygen atoms in total. The third-order valence-corrected chi connectivity index (χ3v) is 3.81. The molecule has 0 aromatic heterocycles.